The highest BCUT2D eigenvalue weighted by atomic mass is 32.2. The van der Waals surface area contributed by atoms with Crippen molar-refractivity contribution in [3.63, 3.8) is 0 Å². The van der Waals surface area contributed by atoms with Crippen molar-refractivity contribution in [1.82, 2.24) is 14.3 Å². The van der Waals surface area contributed by atoms with Crippen LogP contribution < -0.4 is 10.5 Å². The number of carbonyl (C=O) groups is 1. The predicted molar refractivity (Wildman–Crippen MR) is 65.6 cm³/mol. The minimum atomic E-state index is -3.34. The lowest BCUT2D eigenvalue weighted by molar-refractivity contribution is 0.0595. The van der Waals surface area contributed by atoms with Crippen LogP contribution in [0.3, 0.4) is 0 Å². The Kier molecular flexibility index (Phi) is 4.30. The number of ether oxygens (including phenoxy) is 1. The van der Waals surface area contributed by atoms with E-state index < -0.39 is 16.0 Å². The van der Waals surface area contributed by atoms with Gasteiger partial charge in [-0.1, -0.05) is 0 Å². The Hall–Kier alpha value is -1.61. The van der Waals surface area contributed by atoms with E-state index in [1.165, 1.54) is 18.7 Å². The summed E-state index contributed by atoms with van der Waals surface area (Å²) in [5.74, 6) is -0.235. The number of nitrogens with two attached hydrogens (primary N) is 1. The number of nitrogens with zero attached hydrogens (tertiary/aromatic N) is 2. The summed E-state index contributed by atoms with van der Waals surface area (Å²) >= 11 is 0. The maximum atomic E-state index is 11.3. The predicted octanol–water partition coefficient (Wildman–Crippen LogP) is -0.890. The summed E-state index contributed by atoms with van der Waals surface area (Å²) in [5, 5.41) is 0. The smallest absolute Gasteiger partial charge is 0.360 e. The van der Waals surface area contributed by atoms with Crippen LogP contribution in [0.2, 0.25) is 0 Å². The van der Waals surface area contributed by atoms with Crippen LogP contribution in [0.15, 0.2) is 0 Å². The second kappa shape index (κ2) is 5.36. The molecule has 0 saturated carbocycles. The largest absolute Gasteiger partial charge is 0.464 e. The lowest BCUT2D eigenvalue weighted by atomic mass is 10.4. The molecule has 3 N–H and O–H groups in total. The molecule has 0 saturated heterocycles. The number of rotatable bonds is 5. The van der Waals surface area contributed by atoms with Crippen LogP contribution in [0.5, 0.6) is 0 Å². The first-order valence-electron chi connectivity index (χ1n) is 5.14. The summed E-state index contributed by atoms with van der Waals surface area (Å²) in [6.45, 7) is 1.75. The molecule has 0 aliphatic rings. The number of anilines is 1. The fourth-order valence-corrected chi connectivity index (χ4v) is 2.05. The van der Waals surface area contributed by atoms with Crippen LogP contribution in [0.25, 0.3) is 0 Å². The first-order chi connectivity index (χ1) is 8.32. The molecule has 0 bridgehead atoms. The van der Waals surface area contributed by atoms with Crippen molar-refractivity contribution in [2.45, 2.75) is 13.5 Å². The van der Waals surface area contributed by atoms with Crippen LogP contribution >= 0.6 is 0 Å². The van der Waals surface area contributed by atoms with Gasteiger partial charge in [0.15, 0.2) is 5.69 Å². The molecule has 18 heavy (non-hydrogen) atoms. The molecule has 0 radical (unpaired) electrons. The third-order valence-corrected chi connectivity index (χ3v) is 3.81. The average molecular weight is 276 g/mol. The summed E-state index contributed by atoms with van der Waals surface area (Å²) in [5.41, 5.74) is 5.73. The highest BCUT2D eigenvalue weighted by Crippen LogP contribution is 2.15. The molecule has 0 spiro atoms. The summed E-state index contributed by atoms with van der Waals surface area (Å²) in [4.78, 5) is 15.3. The van der Waals surface area contributed by atoms with Gasteiger partial charge in [0.05, 0.1) is 12.9 Å². The number of esters is 1. The zero-order valence-corrected chi connectivity index (χ0v) is 11.2. The van der Waals surface area contributed by atoms with Gasteiger partial charge in [-0.3, -0.25) is 0 Å². The lowest BCUT2D eigenvalue weighted by Gasteiger charge is -2.07. The molecule has 0 aliphatic carbocycles. The highest BCUT2D eigenvalue weighted by Gasteiger charge is 2.20. The third kappa shape index (κ3) is 2.99. The van der Waals surface area contributed by atoms with Gasteiger partial charge in [-0.25, -0.2) is 22.9 Å². The van der Waals surface area contributed by atoms with Crippen molar-refractivity contribution >= 4 is 21.8 Å². The fourth-order valence-electron chi connectivity index (χ4n) is 1.42. The van der Waals surface area contributed by atoms with Crippen molar-refractivity contribution in [2.24, 2.45) is 0 Å². The fraction of sp³-hybridized carbons (Fsp3) is 0.556. The van der Waals surface area contributed by atoms with Gasteiger partial charge in [0, 0.05) is 6.54 Å². The number of carbonyl (C=O) groups excluding carboxylic acids is 1. The summed E-state index contributed by atoms with van der Waals surface area (Å²) < 4.78 is 30.8. The Morgan fingerprint density at radius 1 is 1.56 bits per heavy atom. The van der Waals surface area contributed by atoms with Gasteiger partial charge in [-0.15, -0.1) is 0 Å². The van der Waals surface area contributed by atoms with Crippen LogP contribution in [-0.4, -0.2) is 43.8 Å². The molecule has 1 rings (SSSR count). The standard InChI is InChI=1S/C9H16N4O4S/c1-6-12-7(9(14)17-3)8(10)13(6)4-5-18(15,16)11-2/h11H,4-5,10H2,1-3H3. The first-order valence-corrected chi connectivity index (χ1v) is 6.79. The molecule has 0 aromatic carbocycles. The number of nitrogens with one attached hydrogen (secondary N) is 1. The number of aryl methyl sites for hydroxylation is 1. The van der Waals surface area contributed by atoms with Crippen LogP contribution in [-0.2, 0) is 21.3 Å². The summed E-state index contributed by atoms with van der Waals surface area (Å²) in [6.07, 6.45) is 0. The van der Waals surface area contributed by atoms with E-state index in [1.807, 2.05) is 0 Å². The minimum Gasteiger partial charge on any atom is -0.464 e. The normalized spacial score (nSPS) is 11.5. The zero-order chi connectivity index (χ0) is 13.9. The Labute approximate surface area is 105 Å². The topological polar surface area (TPSA) is 116 Å². The van der Waals surface area contributed by atoms with Crippen LogP contribution in [0.1, 0.15) is 16.3 Å². The van der Waals surface area contributed by atoms with Gasteiger partial charge in [-0.05, 0) is 14.0 Å². The van der Waals surface area contributed by atoms with Gasteiger partial charge in [0.1, 0.15) is 11.6 Å². The second-order valence-electron chi connectivity index (χ2n) is 3.56. The SMILES string of the molecule is CNS(=O)(=O)CCn1c(C)nc(C(=O)OC)c1N. The van der Waals surface area contributed by atoms with Crippen molar-refractivity contribution < 1.29 is 17.9 Å². The molecule has 1 aromatic heterocycles. The average Bonchev–Trinajstić information content (AvgIpc) is 2.62. The van der Waals surface area contributed by atoms with E-state index in [1.54, 1.807) is 6.92 Å². The minimum absolute atomic E-state index is 0.00291. The number of hydrogen-bond acceptors (Lipinski definition) is 6. The number of aromatic nitrogens is 2. The van der Waals surface area contributed by atoms with Crippen LogP contribution in [0.4, 0.5) is 5.82 Å². The maximum absolute atomic E-state index is 11.3. The Bertz CT molecular complexity index is 549. The number of nitrogen functional groups attached to an aromatic ring is 1. The van der Waals surface area contributed by atoms with E-state index in [-0.39, 0.29) is 23.8 Å². The molecule has 102 valence electrons. The Balaban J connectivity index is 2.98. The van der Waals surface area contributed by atoms with Gasteiger partial charge in [0.2, 0.25) is 10.0 Å². The molecular formula is C9H16N4O4S. The number of methoxy groups -OCH3 is 1. The molecule has 9 heteroatoms. The lowest BCUT2D eigenvalue weighted by Crippen LogP contribution is -2.25. The molecule has 0 atom stereocenters. The quantitative estimate of drug-likeness (QED) is 0.674. The Morgan fingerprint density at radius 2 is 2.17 bits per heavy atom. The van der Waals surface area contributed by atoms with E-state index in [9.17, 15) is 13.2 Å². The molecule has 0 fully saturated rings. The van der Waals surface area contributed by atoms with E-state index in [0.29, 0.717) is 5.82 Å². The zero-order valence-electron chi connectivity index (χ0n) is 10.4. The molecule has 1 aromatic rings. The van der Waals surface area contributed by atoms with E-state index in [4.69, 9.17) is 5.73 Å². The van der Waals surface area contributed by atoms with Crippen molar-refractivity contribution in [2.75, 3.05) is 25.6 Å². The van der Waals surface area contributed by atoms with Crippen molar-refractivity contribution in [3.05, 3.63) is 11.5 Å². The molecule has 0 amide bonds. The number of sulfonamides is 1. The van der Waals surface area contributed by atoms with E-state index in [0.717, 1.165) is 0 Å². The van der Waals surface area contributed by atoms with Gasteiger partial charge in [-0.2, -0.15) is 0 Å². The summed E-state index contributed by atoms with van der Waals surface area (Å²) in [7, 11) is -0.782. The summed E-state index contributed by atoms with van der Waals surface area (Å²) in [6, 6.07) is 0. The van der Waals surface area contributed by atoms with Gasteiger partial charge >= 0.3 is 5.97 Å². The first kappa shape index (κ1) is 14.5. The molecular weight excluding hydrogens is 260 g/mol. The van der Waals surface area contributed by atoms with Crippen molar-refractivity contribution in [1.29, 1.82) is 0 Å². The van der Waals surface area contributed by atoms with E-state index in [2.05, 4.69) is 14.4 Å². The van der Waals surface area contributed by atoms with Gasteiger partial charge in [0.25, 0.3) is 0 Å². The van der Waals surface area contributed by atoms with Crippen molar-refractivity contribution in [3.8, 4) is 0 Å². The number of hydrogen-bond donors (Lipinski definition) is 2. The maximum Gasteiger partial charge on any atom is 0.360 e. The molecule has 1 heterocycles. The second-order valence-corrected chi connectivity index (χ2v) is 5.61. The highest BCUT2D eigenvalue weighted by molar-refractivity contribution is 7.89. The molecule has 0 unspecified atom stereocenters. The Morgan fingerprint density at radius 3 is 2.67 bits per heavy atom. The van der Waals surface area contributed by atoms with E-state index >= 15 is 0 Å². The third-order valence-electron chi connectivity index (χ3n) is 2.47. The van der Waals surface area contributed by atoms with Crippen LogP contribution in [0, 0.1) is 6.92 Å². The number of imidazole rings is 1. The monoisotopic (exact) mass is 276 g/mol. The molecule has 0 aliphatic heterocycles. The van der Waals surface area contributed by atoms with Gasteiger partial charge < -0.3 is 15.0 Å². The molecule has 8 nitrogen and oxygen atoms in total.